The van der Waals surface area contributed by atoms with Crippen LogP contribution >= 0.6 is 0 Å². The Balaban J connectivity index is 2.01. The molecule has 0 saturated heterocycles. The monoisotopic (exact) mass is 336 g/mol. The normalized spacial score (nSPS) is 22.9. The summed E-state index contributed by atoms with van der Waals surface area (Å²) < 4.78 is 18.6. The number of nitrogens with zero attached hydrogens (tertiary/aromatic N) is 1. The molecule has 2 amide bonds. The van der Waals surface area contributed by atoms with Crippen molar-refractivity contribution in [2.24, 2.45) is 0 Å². The minimum Gasteiger partial charge on any atom is -0.394 e. The number of carbonyl (C=O) groups is 2. The lowest BCUT2D eigenvalue weighted by molar-refractivity contribution is -0.132. The van der Waals surface area contributed by atoms with E-state index >= 15 is 0 Å². The fraction of sp³-hybridized carbons (Fsp3) is 0.412. The van der Waals surface area contributed by atoms with Crippen LogP contribution in [0, 0.1) is 5.82 Å². The van der Waals surface area contributed by atoms with Gasteiger partial charge in [0.15, 0.2) is 0 Å². The zero-order valence-corrected chi connectivity index (χ0v) is 13.6. The first-order chi connectivity index (χ1) is 11.4. The molecular weight excluding hydrogens is 315 g/mol. The van der Waals surface area contributed by atoms with Gasteiger partial charge in [-0.25, -0.2) is 4.39 Å². The Labute approximate surface area is 139 Å². The van der Waals surface area contributed by atoms with E-state index in [2.05, 4.69) is 5.32 Å². The van der Waals surface area contributed by atoms with E-state index < -0.39 is 30.0 Å². The van der Waals surface area contributed by atoms with Gasteiger partial charge in [-0.15, -0.1) is 0 Å². The lowest BCUT2D eigenvalue weighted by atomic mass is 10.0. The molecule has 1 aliphatic heterocycles. The van der Waals surface area contributed by atoms with Gasteiger partial charge in [-0.3, -0.25) is 9.59 Å². The summed E-state index contributed by atoms with van der Waals surface area (Å²) in [7, 11) is 3.31. The van der Waals surface area contributed by atoms with Crippen molar-refractivity contribution in [1.29, 1.82) is 0 Å². The highest BCUT2D eigenvalue weighted by molar-refractivity contribution is 5.94. The maximum absolute atomic E-state index is 12.9. The molecule has 2 N–H and O–H groups in total. The standard InChI is InChI=1S/C17H21FN2O4/c1-20(2)16(22)9-13-7-8-14(15(10-21)24-13)19-17(23)11-3-5-12(18)6-4-11/h3-8,13-15,21H,9-10H2,1-2H3,(H,19,23)/t13-,14+,15-/m0/s1. The number of ether oxygens (including phenoxy) is 1. The summed E-state index contributed by atoms with van der Waals surface area (Å²) in [5.41, 5.74) is 0.311. The molecule has 2 rings (SSSR count). The first-order valence-corrected chi connectivity index (χ1v) is 7.62. The first kappa shape index (κ1) is 18.1. The van der Waals surface area contributed by atoms with Crippen LogP contribution in [0.15, 0.2) is 36.4 Å². The van der Waals surface area contributed by atoms with Crippen molar-refractivity contribution in [3.8, 4) is 0 Å². The van der Waals surface area contributed by atoms with E-state index in [1.54, 1.807) is 26.2 Å². The van der Waals surface area contributed by atoms with Crippen LogP contribution in [0.1, 0.15) is 16.8 Å². The molecule has 0 bridgehead atoms. The number of aliphatic hydroxyl groups excluding tert-OH is 1. The van der Waals surface area contributed by atoms with Crippen LogP contribution in [-0.2, 0) is 9.53 Å². The number of rotatable bonds is 5. The third-order valence-electron chi connectivity index (χ3n) is 3.74. The Hall–Kier alpha value is -2.25. The molecule has 1 aromatic carbocycles. The Morgan fingerprint density at radius 1 is 1.25 bits per heavy atom. The minimum atomic E-state index is -0.653. The average molecular weight is 336 g/mol. The fourth-order valence-electron chi connectivity index (χ4n) is 2.33. The highest BCUT2D eigenvalue weighted by Gasteiger charge is 2.29. The Kier molecular flexibility index (Phi) is 6.05. The number of amides is 2. The maximum atomic E-state index is 12.9. The van der Waals surface area contributed by atoms with Gasteiger partial charge >= 0.3 is 0 Å². The largest absolute Gasteiger partial charge is 0.394 e. The minimum absolute atomic E-state index is 0.0878. The second-order valence-corrected chi connectivity index (χ2v) is 5.78. The molecule has 1 aliphatic rings. The van der Waals surface area contributed by atoms with Crippen molar-refractivity contribution in [1.82, 2.24) is 10.2 Å². The summed E-state index contributed by atoms with van der Waals surface area (Å²) in [6.45, 7) is -0.300. The topological polar surface area (TPSA) is 78.9 Å². The van der Waals surface area contributed by atoms with Gasteiger partial charge in [0, 0.05) is 19.7 Å². The van der Waals surface area contributed by atoms with Crippen molar-refractivity contribution in [2.45, 2.75) is 24.7 Å². The van der Waals surface area contributed by atoms with Crippen molar-refractivity contribution < 1.29 is 23.8 Å². The quantitative estimate of drug-likeness (QED) is 0.777. The molecule has 1 aromatic rings. The lowest BCUT2D eigenvalue weighted by Gasteiger charge is -2.32. The van der Waals surface area contributed by atoms with Gasteiger partial charge in [0.25, 0.3) is 5.91 Å². The van der Waals surface area contributed by atoms with Gasteiger partial charge in [0.2, 0.25) is 5.91 Å². The van der Waals surface area contributed by atoms with Gasteiger partial charge in [0.05, 0.1) is 25.2 Å². The van der Waals surface area contributed by atoms with Crippen molar-refractivity contribution in [2.75, 3.05) is 20.7 Å². The van der Waals surface area contributed by atoms with E-state index in [-0.39, 0.29) is 18.9 Å². The number of benzene rings is 1. The predicted molar refractivity (Wildman–Crippen MR) is 85.9 cm³/mol. The molecule has 1 heterocycles. The van der Waals surface area contributed by atoms with Crippen LogP contribution in [0.3, 0.4) is 0 Å². The highest BCUT2D eigenvalue weighted by Crippen LogP contribution is 2.17. The zero-order valence-electron chi connectivity index (χ0n) is 13.6. The molecule has 0 unspecified atom stereocenters. The first-order valence-electron chi connectivity index (χ1n) is 7.62. The summed E-state index contributed by atoms with van der Waals surface area (Å²) in [4.78, 5) is 25.4. The molecule has 6 nitrogen and oxygen atoms in total. The lowest BCUT2D eigenvalue weighted by Crippen LogP contribution is -2.49. The molecule has 130 valence electrons. The summed E-state index contributed by atoms with van der Waals surface area (Å²) in [5.74, 6) is -0.904. The third kappa shape index (κ3) is 4.62. The number of nitrogens with one attached hydrogen (secondary N) is 1. The van der Waals surface area contributed by atoms with E-state index in [1.807, 2.05) is 0 Å². The smallest absolute Gasteiger partial charge is 0.251 e. The van der Waals surface area contributed by atoms with Crippen LogP contribution in [0.25, 0.3) is 0 Å². The van der Waals surface area contributed by atoms with Crippen LogP contribution in [0.4, 0.5) is 4.39 Å². The van der Waals surface area contributed by atoms with Crippen molar-refractivity contribution in [3.05, 3.63) is 47.8 Å². The number of aliphatic hydroxyl groups is 1. The van der Waals surface area contributed by atoms with Gasteiger partial charge in [-0.2, -0.15) is 0 Å². The molecule has 3 atom stereocenters. The van der Waals surface area contributed by atoms with Crippen LogP contribution in [0.5, 0.6) is 0 Å². The van der Waals surface area contributed by atoms with Gasteiger partial charge in [0.1, 0.15) is 11.9 Å². The summed E-state index contributed by atoms with van der Waals surface area (Å²) in [6, 6.07) is 4.64. The predicted octanol–water partition coefficient (Wildman–Crippen LogP) is 0.718. The molecular formula is C17H21FN2O4. The summed E-state index contributed by atoms with van der Waals surface area (Å²) >= 11 is 0. The van der Waals surface area contributed by atoms with E-state index in [0.717, 1.165) is 0 Å². The van der Waals surface area contributed by atoms with Gasteiger partial charge < -0.3 is 20.1 Å². The summed E-state index contributed by atoms with van der Waals surface area (Å²) in [5, 5.41) is 12.2. The van der Waals surface area contributed by atoms with Gasteiger partial charge in [-0.1, -0.05) is 12.2 Å². The van der Waals surface area contributed by atoms with E-state index in [4.69, 9.17) is 4.74 Å². The average Bonchev–Trinajstić information content (AvgIpc) is 2.56. The van der Waals surface area contributed by atoms with E-state index in [9.17, 15) is 19.1 Å². The van der Waals surface area contributed by atoms with Crippen LogP contribution in [-0.4, -0.2) is 60.8 Å². The fourth-order valence-corrected chi connectivity index (χ4v) is 2.33. The number of hydrogen-bond donors (Lipinski definition) is 2. The molecule has 24 heavy (non-hydrogen) atoms. The zero-order chi connectivity index (χ0) is 17.7. The van der Waals surface area contributed by atoms with Crippen molar-refractivity contribution in [3.63, 3.8) is 0 Å². The second-order valence-electron chi connectivity index (χ2n) is 5.78. The SMILES string of the molecule is CN(C)C(=O)C[C@@H]1C=C[C@@H](NC(=O)c2ccc(F)cc2)[C@H](CO)O1. The molecule has 0 spiro atoms. The summed E-state index contributed by atoms with van der Waals surface area (Å²) in [6.07, 6.45) is 2.47. The number of hydrogen-bond acceptors (Lipinski definition) is 4. The van der Waals surface area contributed by atoms with E-state index in [0.29, 0.717) is 5.56 Å². The maximum Gasteiger partial charge on any atom is 0.251 e. The Morgan fingerprint density at radius 3 is 2.50 bits per heavy atom. The number of carbonyl (C=O) groups excluding carboxylic acids is 2. The van der Waals surface area contributed by atoms with Crippen LogP contribution < -0.4 is 5.32 Å². The van der Waals surface area contributed by atoms with Crippen molar-refractivity contribution >= 4 is 11.8 Å². The highest BCUT2D eigenvalue weighted by atomic mass is 19.1. The molecule has 0 aliphatic carbocycles. The van der Waals surface area contributed by atoms with E-state index in [1.165, 1.54) is 29.2 Å². The van der Waals surface area contributed by atoms with Crippen LogP contribution in [0.2, 0.25) is 0 Å². The number of halogens is 1. The molecule has 7 heteroatoms. The second kappa shape index (κ2) is 8.03. The third-order valence-corrected chi connectivity index (χ3v) is 3.74. The Bertz CT molecular complexity index is 616. The van der Waals surface area contributed by atoms with Gasteiger partial charge in [-0.05, 0) is 24.3 Å². The molecule has 0 saturated carbocycles. The molecule has 0 aromatic heterocycles. The molecule has 0 radical (unpaired) electrons. The Morgan fingerprint density at radius 2 is 1.92 bits per heavy atom. The molecule has 0 fully saturated rings.